The van der Waals surface area contributed by atoms with Gasteiger partial charge < -0.3 is 33.2 Å². The van der Waals surface area contributed by atoms with Gasteiger partial charge >= 0.3 is 12.1 Å². The van der Waals surface area contributed by atoms with Crippen LogP contribution in [0.25, 0.3) is 0 Å². The predicted octanol–water partition coefficient (Wildman–Crippen LogP) is 2.85. The van der Waals surface area contributed by atoms with Crippen LogP contribution in [0.15, 0.2) is 60.7 Å². The normalized spacial score (nSPS) is 29.4. The van der Waals surface area contributed by atoms with Crippen molar-refractivity contribution in [2.75, 3.05) is 20.8 Å². The lowest BCUT2D eigenvalue weighted by Crippen LogP contribution is -2.64. The Balaban J connectivity index is 1.63. The van der Waals surface area contributed by atoms with E-state index < -0.39 is 49.1 Å². The number of methoxy groups -OCH3 is 2. The van der Waals surface area contributed by atoms with E-state index in [-0.39, 0.29) is 6.61 Å². The molecule has 9 heteroatoms. The van der Waals surface area contributed by atoms with E-state index in [4.69, 9.17) is 28.4 Å². The third-order valence-corrected chi connectivity index (χ3v) is 5.24. The van der Waals surface area contributed by atoms with Crippen molar-refractivity contribution in [3.63, 3.8) is 0 Å². The number of ether oxygens (including phenoxy) is 7. The van der Waals surface area contributed by atoms with Crippen LogP contribution in [0.1, 0.15) is 22.2 Å². The van der Waals surface area contributed by atoms with Crippen LogP contribution in [0.2, 0.25) is 0 Å². The van der Waals surface area contributed by atoms with Crippen molar-refractivity contribution in [1.82, 2.24) is 0 Å². The van der Waals surface area contributed by atoms with Crippen molar-refractivity contribution in [2.24, 2.45) is 0 Å². The molecule has 0 aliphatic carbocycles. The first-order valence-electron chi connectivity index (χ1n) is 10.1. The first-order valence-corrected chi connectivity index (χ1v) is 10.1. The molecule has 2 aromatic carbocycles. The zero-order chi connectivity index (χ0) is 22.5. The lowest BCUT2D eigenvalue weighted by atomic mass is 9.97. The molecular formula is C23H24O9. The van der Waals surface area contributed by atoms with Crippen LogP contribution in [-0.2, 0) is 33.2 Å². The number of carbonyl (C=O) groups is 2. The number of hydrogen-bond acceptors (Lipinski definition) is 9. The number of esters is 1. The Labute approximate surface area is 185 Å². The number of hydrogen-bond donors (Lipinski definition) is 0. The third kappa shape index (κ3) is 4.76. The first-order chi connectivity index (χ1) is 15.6. The van der Waals surface area contributed by atoms with E-state index in [2.05, 4.69) is 4.74 Å². The highest BCUT2D eigenvalue weighted by Gasteiger charge is 2.54. The van der Waals surface area contributed by atoms with E-state index in [1.807, 2.05) is 30.3 Å². The standard InChI is InChI=1S/C23H24O9/c1-26-22-19(32-23(25)27-2)18(30-20(24)14-9-5-3-6-10-14)17-16(29-22)13-28-21(31-17)15-11-7-4-8-12-15/h3-12,16-19,21-22H,13H2,1-2H3/t16-,17-,18+,19-,21?,22+/m1/s1. The fourth-order valence-corrected chi connectivity index (χ4v) is 3.70. The van der Waals surface area contributed by atoms with Gasteiger partial charge in [0.15, 0.2) is 24.8 Å². The minimum atomic E-state index is -1.13. The Morgan fingerprint density at radius 1 is 0.875 bits per heavy atom. The molecule has 0 bridgehead atoms. The summed E-state index contributed by atoms with van der Waals surface area (Å²) in [6, 6.07) is 17.8. The van der Waals surface area contributed by atoms with Gasteiger partial charge in [-0.05, 0) is 12.1 Å². The summed E-state index contributed by atoms with van der Waals surface area (Å²) < 4.78 is 39.1. The van der Waals surface area contributed by atoms with Crippen molar-refractivity contribution in [3.8, 4) is 0 Å². The Bertz CT molecular complexity index is 904. The summed E-state index contributed by atoms with van der Waals surface area (Å²) in [5.41, 5.74) is 1.13. The second kappa shape index (κ2) is 10.1. The summed E-state index contributed by atoms with van der Waals surface area (Å²) in [6.45, 7) is 0.161. The van der Waals surface area contributed by atoms with E-state index in [1.54, 1.807) is 30.3 Å². The molecule has 170 valence electrons. The largest absolute Gasteiger partial charge is 0.508 e. The average molecular weight is 444 g/mol. The van der Waals surface area contributed by atoms with Crippen molar-refractivity contribution in [3.05, 3.63) is 71.8 Å². The number of benzene rings is 2. The highest BCUT2D eigenvalue weighted by atomic mass is 16.8. The van der Waals surface area contributed by atoms with Crippen LogP contribution >= 0.6 is 0 Å². The zero-order valence-corrected chi connectivity index (χ0v) is 17.6. The van der Waals surface area contributed by atoms with Crippen LogP contribution in [0.5, 0.6) is 0 Å². The minimum Gasteiger partial charge on any atom is -0.452 e. The second-order valence-electron chi connectivity index (χ2n) is 7.23. The van der Waals surface area contributed by atoms with Gasteiger partial charge in [-0.2, -0.15) is 0 Å². The predicted molar refractivity (Wildman–Crippen MR) is 109 cm³/mol. The highest BCUT2D eigenvalue weighted by Crippen LogP contribution is 2.37. The Morgan fingerprint density at radius 2 is 1.56 bits per heavy atom. The molecule has 32 heavy (non-hydrogen) atoms. The molecule has 2 saturated heterocycles. The molecule has 2 heterocycles. The van der Waals surface area contributed by atoms with E-state index in [9.17, 15) is 9.59 Å². The quantitative estimate of drug-likeness (QED) is 0.645. The fourth-order valence-electron chi connectivity index (χ4n) is 3.70. The van der Waals surface area contributed by atoms with E-state index >= 15 is 0 Å². The Kier molecular flexibility index (Phi) is 7.01. The van der Waals surface area contributed by atoms with Crippen LogP contribution in [-0.4, -0.2) is 63.7 Å². The third-order valence-electron chi connectivity index (χ3n) is 5.24. The molecule has 0 aromatic heterocycles. The van der Waals surface area contributed by atoms with Gasteiger partial charge in [-0.25, -0.2) is 9.59 Å². The number of rotatable bonds is 5. The molecule has 0 N–H and O–H groups in total. The molecule has 0 radical (unpaired) electrons. The summed E-state index contributed by atoms with van der Waals surface area (Å²) in [5, 5.41) is 0. The van der Waals surface area contributed by atoms with Gasteiger partial charge in [0.1, 0.15) is 12.2 Å². The molecule has 9 nitrogen and oxygen atoms in total. The smallest absolute Gasteiger partial charge is 0.452 e. The lowest BCUT2D eigenvalue weighted by molar-refractivity contribution is -0.357. The summed E-state index contributed by atoms with van der Waals surface area (Å²) in [4.78, 5) is 24.8. The molecule has 6 atom stereocenters. The van der Waals surface area contributed by atoms with Crippen LogP contribution in [0.3, 0.4) is 0 Å². The van der Waals surface area contributed by atoms with Crippen LogP contribution in [0, 0.1) is 0 Å². The van der Waals surface area contributed by atoms with Crippen molar-refractivity contribution in [1.29, 1.82) is 0 Å². The Morgan fingerprint density at radius 3 is 2.22 bits per heavy atom. The highest BCUT2D eigenvalue weighted by molar-refractivity contribution is 5.89. The SMILES string of the molecule is COC(=O)O[C@H]1[C@@H](OC)O[C@@H]2COC(c3ccccc3)O[C@H]2[C@@H]1OC(=O)c1ccccc1. The van der Waals surface area contributed by atoms with Gasteiger partial charge in [0.05, 0.1) is 19.3 Å². The van der Waals surface area contributed by atoms with Crippen LogP contribution < -0.4 is 0 Å². The van der Waals surface area contributed by atoms with Gasteiger partial charge in [0, 0.05) is 12.7 Å². The molecule has 2 fully saturated rings. The molecule has 0 spiro atoms. The summed E-state index contributed by atoms with van der Waals surface area (Å²) in [5.74, 6) is -0.601. The number of carbonyl (C=O) groups excluding carboxylic acids is 2. The molecule has 0 amide bonds. The van der Waals surface area contributed by atoms with Gasteiger partial charge in [0.2, 0.25) is 0 Å². The maximum Gasteiger partial charge on any atom is 0.508 e. The Hall–Kier alpha value is -2.98. The van der Waals surface area contributed by atoms with Crippen LogP contribution in [0.4, 0.5) is 4.79 Å². The fraction of sp³-hybridized carbons (Fsp3) is 0.391. The maximum atomic E-state index is 12.9. The van der Waals surface area contributed by atoms with Gasteiger partial charge in [-0.1, -0.05) is 48.5 Å². The van der Waals surface area contributed by atoms with Gasteiger partial charge in [-0.15, -0.1) is 0 Å². The summed E-state index contributed by atoms with van der Waals surface area (Å²) in [7, 11) is 2.57. The molecule has 1 unspecified atom stereocenters. The van der Waals surface area contributed by atoms with Crippen molar-refractivity contribution >= 4 is 12.1 Å². The van der Waals surface area contributed by atoms with Gasteiger partial charge in [0.25, 0.3) is 0 Å². The summed E-state index contributed by atoms with van der Waals surface area (Å²) in [6.07, 6.45) is -6.28. The second-order valence-corrected chi connectivity index (χ2v) is 7.23. The molecule has 2 aliphatic rings. The number of fused-ring (bicyclic) bond motifs is 1. The van der Waals surface area contributed by atoms with Crippen molar-refractivity contribution in [2.45, 2.75) is 37.0 Å². The molecular weight excluding hydrogens is 420 g/mol. The van der Waals surface area contributed by atoms with E-state index in [0.717, 1.165) is 5.56 Å². The van der Waals surface area contributed by atoms with Gasteiger partial charge in [-0.3, -0.25) is 0 Å². The topological polar surface area (TPSA) is 98.8 Å². The zero-order valence-electron chi connectivity index (χ0n) is 17.6. The average Bonchev–Trinajstić information content (AvgIpc) is 2.85. The monoisotopic (exact) mass is 444 g/mol. The van der Waals surface area contributed by atoms with E-state index in [1.165, 1.54) is 14.2 Å². The molecule has 4 rings (SSSR count). The maximum absolute atomic E-state index is 12.9. The first kappa shape index (κ1) is 22.2. The molecule has 0 saturated carbocycles. The summed E-state index contributed by atoms with van der Waals surface area (Å²) >= 11 is 0. The minimum absolute atomic E-state index is 0.161. The lowest BCUT2D eigenvalue weighted by Gasteiger charge is -2.47. The molecule has 2 aliphatic heterocycles. The van der Waals surface area contributed by atoms with E-state index in [0.29, 0.717) is 5.56 Å². The van der Waals surface area contributed by atoms with Crippen molar-refractivity contribution < 1.29 is 42.7 Å². The molecule has 2 aromatic rings.